The number of nitrogens with zero attached hydrogens (tertiary/aromatic N) is 2. The molecule has 2 heteroatoms. The highest BCUT2D eigenvalue weighted by molar-refractivity contribution is 5.55. The highest BCUT2D eigenvalue weighted by atomic mass is 15.2. The van der Waals surface area contributed by atoms with E-state index in [4.69, 9.17) is 0 Å². The maximum atomic E-state index is 4.54. The van der Waals surface area contributed by atoms with Crippen molar-refractivity contribution in [3.63, 3.8) is 0 Å². The van der Waals surface area contributed by atoms with Crippen LogP contribution in [0.15, 0.2) is 30.5 Å². The van der Waals surface area contributed by atoms with Crippen molar-refractivity contribution < 1.29 is 0 Å². The first-order valence-corrected chi connectivity index (χ1v) is 7.39. The molecule has 3 rings (SSSR count). The lowest BCUT2D eigenvalue weighted by atomic mass is 9.83. The minimum Gasteiger partial charge on any atom is -0.367 e. The molecule has 0 amide bonds. The van der Waals surface area contributed by atoms with Gasteiger partial charge in [-0.3, -0.25) is 4.98 Å². The van der Waals surface area contributed by atoms with E-state index >= 15 is 0 Å². The summed E-state index contributed by atoms with van der Waals surface area (Å²) in [5.74, 6) is 0. The van der Waals surface area contributed by atoms with Gasteiger partial charge in [0.15, 0.2) is 0 Å². The van der Waals surface area contributed by atoms with Crippen LogP contribution in [0.2, 0.25) is 0 Å². The molecule has 108 valence electrons. The van der Waals surface area contributed by atoms with Crippen LogP contribution in [0.5, 0.6) is 0 Å². The molecule has 0 saturated carbocycles. The van der Waals surface area contributed by atoms with Gasteiger partial charge in [0.2, 0.25) is 0 Å². The maximum absolute atomic E-state index is 4.54. The van der Waals surface area contributed by atoms with Crippen molar-refractivity contribution in [3.05, 3.63) is 63.3 Å². The molecule has 1 unspecified atom stereocenters. The number of benzene rings is 1. The Labute approximate surface area is 126 Å². The second kappa shape index (κ2) is 4.73. The highest BCUT2D eigenvalue weighted by Gasteiger charge is 2.31. The van der Waals surface area contributed by atoms with Crippen molar-refractivity contribution >= 4 is 12.3 Å². The lowest BCUT2D eigenvalue weighted by Gasteiger charge is -2.39. The van der Waals surface area contributed by atoms with E-state index in [1.54, 1.807) is 0 Å². The molecule has 0 N–H and O–H groups in total. The zero-order valence-electron chi connectivity index (χ0n) is 13.4. The van der Waals surface area contributed by atoms with Gasteiger partial charge in [0.1, 0.15) is 0 Å². The first kappa shape index (κ1) is 13.9. The second-order valence-electron chi connectivity index (χ2n) is 6.26. The summed E-state index contributed by atoms with van der Waals surface area (Å²) in [6.07, 6.45) is 6.34. The fourth-order valence-electron chi connectivity index (χ4n) is 3.20. The van der Waals surface area contributed by atoms with E-state index in [0.29, 0.717) is 0 Å². The first-order chi connectivity index (χ1) is 9.91. The molecule has 1 aliphatic rings. The third-order valence-corrected chi connectivity index (χ3v) is 4.71. The Kier molecular flexibility index (Phi) is 3.12. The number of hydrogen-bond acceptors (Lipinski definition) is 2. The number of aryl methyl sites for hydroxylation is 2. The summed E-state index contributed by atoms with van der Waals surface area (Å²) in [7, 11) is 2.14. The molecule has 1 aliphatic heterocycles. The summed E-state index contributed by atoms with van der Waals surface area (Å²) in [4.78, 5) is 6.83. The Morgan fingerprint density at radius 2 is 1.90 bits per heavy atom. The Balaban J connectivity index is 2.30. The molecule has 1 atom stereocenters. The number of pyridine rings is 1. The van der Waals surface area contributed by atoms with Gasteiger partial charge in [-0.2, -0.15) is 0 Å². The molecular formula is C19H22N2. The van der Waals surface area contributed by atoms with Crippen LogP contribution in [0.25, 0.3) is 12.3 Å². The third-order valence-electron chi connectivity index (χ3n) is 4.71. The molecule has 1 aromatic heterocycles. The Hall–Kier alpha value is -2.09. The number of aromatic nitrogens is 1. The van der Waals surface area contributed by atoms with Crippen molar-refractivity contribution in [1.82, 2.24) is 9.88 Å². The zero-order chi connectivity index (χ0) is 15.2. The summed E-state index contributed by atoms with van der Waals surface area (Å²) in [6.45, 7) is 8.83. The van der Waals surface area contributed by atoms with Crippen molar-refractivity contribution in [2.75, 3.05) is 7.05 Å². The van der Waals surface area contributed by atoms with Gasteiger partial charge in [0, 0.05) is 24.7 Å². The van der Waals surface area contributed by atoms with Crippen LogP contribution in [0.4, 0.5) is 0 Å². The van der Waals surface area contributed by atoms with E-state index in [9.17, 15) is 0 Å². The zero-order valence-corrected chi connectivity index (χ0v) is 13.4. The van der Waals surface area contributed by atoms with E-state index in [2.05, 4.69) is 75.1 Å². The van der Waals surface area contributed by atoms with Crippen LogP contribution in [0.1, 0.15) is 29.2 Å². The van der Waals surface area contributed by atoms with Gasteiger partial charge < -0.3 is 4.90 Å². The highest BCUT2D eigenvalue weighted by Crippen LogP contribution is 2.34. The lowest BCUT2D eigenvalue weighted by Crippen LogP contribution is -2.46. The predicted molar refractivity (Wildman–Crippen MR) is 88.2 cm³/mol. The average molecular weight is 278 g/mol. The molecular weight excluding hydrogens is 256 g/mol. The van der Waals surface area contributed by atoms with Gasteiger partial charge >= 0.3 is 0 Å². The summed E-state index contributed by atoms with van der Waals surface area (Å²) >= 11 is 0. The topological polar surface area (TPSA) is 16.1 Å². The minimum atomic E-state index is -0.164. The molecule has 0 fully saturated rings. The molecule has 2 aromatic rings. The molecule has 0 bridgehead atoms. The summed E-state index contributed by atoms with van der Waals surface area (Å²) < 4.78 is 0. The predicted octanol–water partition coefficient (Wildman–Crippen LogP) is 2.39. The quantitative estimate of drug-likeness (QED) is 0.796. The van der Waals surface area contributed by atoms with Crippen molar-refractivity contribution in [3.8, 4) is 0 Å². The maximum Gasteiger partial charge on any atom is 0.0827 e. The standard InChI is InChI=1S/C19H22N2/c1-13-9-14(2)15(3)17(10-13)19(4)11-18-16(12-21(19)5)7-6-8-20-18/h6-12H,1-5H3. The Bertz CT molecular complexity index is 820. The molecule has 2 nitrogen and oxygen atoms in total. The van der Waals surface area contributed by atoms with Crippen LogP contribution in [-0.2, 0) is 5.54 Å². The molecule has 1 aromatic carbocycles. The Morgan fingerprint density at radius 3 is 2.67 bits per heavy atom. The third kappa shape index (κ3) is 2.15. The van der Waals surface area contributed by atoms with Crippen LogP contribution in [0.3, 0.4) is 0 Å². The summed E-state index contributed by atoms with van der Waals surface area (Å²) in [5.41, 5.74) is 5.21. The normalized spacial score (nSPS) is 20.5. The largest absolute Gasteiger partial charge is 0.367 e. The SMILES string of the molecule is Cc1cc(C)c(C)c(C2(C)C=c3ncccc3=CN2C)c1. The van der Waals surface area contributed by atoms with Gasteiger partial charge in [0.25, 0.3) is 0 Å². The van der Waals surface area contributed by atoms with E-state index in [1.807, 2.05) is 12.3 Å². The fourth-order valence-corrected chi connectivity index (χ4v) is 3.20. The van der Waals surface area contributed by atoms with Crippen molar-refractivity contribution in [2.24, 2.45) is 0 Å². The smallest absolute Gasteiger partial charge is 0.0827 e. The molecule has 0 saturated heterocycles. The fraction of sp³-hybridized carbons (Fsp3) is 0.316. The lowest BCUT2D eigenvalue weighted by molar-refractivity contribution is 0.308. The van der Waals surface area contributed by atoms with Crippen molar-refractivity contribution in [1.29, 1.82) is 0 Å². The van der Waals surface area contributed by atoms with Gasteiger partial charge in [-0.15, -0.1) is 0 Å². The summed E-state index contributed by atoms with van der Waals surface area (Å²) in [5, 5.41) is 2.25. The summed E-state index contributed by atoms with van der Waals surface area (Å²) in [6, 6.07) is 8.66. The first-order valence-electron chi connectivity index (χ1n) is 7.39. The van der Waals surface area contributed by atoms with Gasteiger partial charge in [-0.25, -0.2) is 0 Å². The van der Waals surface area contributed by atoms with Gasteiger partial charge in [0.05, 0.1) is 10.9 Å². The monoisotopic (exact) mass is 278 g/mol. The minimum absolute atomic E-state index is 0.164. The average Bonchev–Trinajstić information content (AvgIpc) is 2.44. The number of rotatable bonds is 1. The molecule has 2 heterocycles. The van der Waals surface area contributed by atoms with E-state index in [1.165, 1.54) is 27.5 Å². The van der Waals surface area contributed by atoms with E-state index < -0.39 is 0 Å². The molecule has 0 aliphatic carbocycles. The van der Waals surface area contributed by atoms with Crippen LogP contribution in [-0.4, -0.2) is 16.9 Å². The van der Waals surface area contributed by atoms with Crippen LogP contribution < -0.4 is 10.6 Å². The molecule has 0 radical (unpaired) electrons. The Morgan fingerprint density at radius 1 is 1.14 bits per heavy atom. The number of fused-ring (bicyclic) bond motifs is 1. The number of hydrogen-bond donors (Lipinski definition) is 0. The van der Waals surface area contributed by atoms with Crippen molar-refractivity contribution in [2.45, 2.75) is 33.2 Å². The second-order valence-corrected chi connectivity index (χ2v) is 6.26. The van der Waals surface area contributed by atoms with Crippen LogP contribution in [0, 0.1) is 20.8 Å². The molecule has 21 heavy (non-hydrogen) atoms. The van der Waals surface area contributed by atoms with Gasteiger partial charge in [-0.05, 0) is 62.6 Å². The van der Waals surface area contributed by atoms with Gasteiger partial charge in [-0.1, -0.05) is 17.7 Å². The van der Waals surface area contributed by atoms with Crippen LogP contribution >= 0.6 is 0 Å². The van der Waals surface area contributed by atoms with E-state index in [0.717, 1.165) is 5.35 Å². The molecule has 0 spiro atoms. The van der Waals surface area contributed by atoms with E-state index in [-0.39, 0.29) is 5.54 Å².